The minimum atomic E-state index is 0.270. The van der Waals surface area contributed by atoms with Crippen molar-refractivity contribution in [1.82, 2.24) is 5.32 Å². The van der Waals surface area contributed by atoms with E-state index in [-0.39, 0.29) is 6.61 Å². The van der Waals surface area contributed by atoms with Gasteiger partial charge < -0.3 is 20.9 Å². The van der Waals surface area contributed by atoms with Gasteiger partial charge in [-0.3, -0.25) is 0 Å². The Hall–Kier alpha value is -0.160. The Bertz CT molecular complexity index is 172. The van der Waals surface area contributed by atoms with Gasteiger partial charge in [-0.2, -0.15) is 0 Å². The highest BCUT2D eigenvalue weighted by atomic mass is 16.5. The van der Waals surface area contributed by atoms with Crippen LogP contribution in [0.1, 0.15) is 32.6 Å². The van der Waals surface area contributed by atoms with Gasteiger partial charge >= 0.3 is 0 Å². The van der Waals surface area contributed by atoms with E-state index in [4.69, 9.17) is 15.6 Å². The number of hydrogen-bond acceptors (Lipinski definition) is 4. The van der Waals surface area contributed by atoms with Crippen LogP contribution < -0.4 is 11.1 Å². The molecule has 0 aromatic heterocycles. The van der Waals surface area contributed by atoms with E-state index < -0.39 is 0 Å². The zero-order valence-electron chi connectivity index (χ0n) is 10.3. The summed E-state index contributed by atoms with van der Waals surface area (Å²) in [5.74, 6) is 0.551. The lowest BCUT2D eigenvalue weighted by Gasteiger charge is -2.32. The van der Waals surface area contributed by atoms with E-state index >= 15 is 0 Å². The van der Waals surface area contributed by atoms with Crippen LogP contribution in [-0.2, 0) is 4.74 Å². The van der Waals surface area contributed by atoms with Crippen molar-refractivity contribution in [2.45, 2.75) is 44.7 Å². The molecule has 4 heteroatoms. The van der Waals surface area contributed by atoms with Gasteiger partial charge in [-0.05, 0) is 38.5 Å². The summed E-state index contributed by atoms with van der Waals surface area (Å²) in [6, 6.07) is 0.775. The molecule has 0 bridgehead atoms. The fraction of sp³-hybridized carbons (Fsp3) is 1.00. The van der Waals surface area contributed by atoms with Gasteiger partial charge in [0, 0.05) is 31.8 Å². The fourth-order valence-corrected chi connectivity index (χ4v) is 2.33. The van der Waals surface area contributed by atoms with Crippen molar-refractivity contribution in [2.75, 3.05) is 26.4 Å². The third kappa shape index (κ3) is 4.78. The third-order valence-electron chi connectivity index (χ3n) is 3.31. The molecule has 0 aromatic carbocycles. The average Bonchev–Trinajstić information content (AvgIpc) is 2.34. The number of aliphatic hydroxyl groups excluding tert-OH is 1. The Labute approximate surface area is 98.5 Å². The molecular formula is C12H26N2O2. The lowest BCUT2D eigenvalue weighted by Crippen LogP contribution is -2.48. The quantitative estimate of drug-likeness (QED) is 0.595. The average molecular weight is 230 g/mol. The molecule has 16 heavy (non-hydrogen) atoms. The van der Waals surface area contributed by atoms with Crippen molar-refractivity contribution in [1.29, 1.82) is 0 Å². The van der Waals surface area contributed by atoms with Gasteiger partial charge in [0.05, 0.1) is 6.61 Å². The predicted octanol–water partition coefficient (Wildman–Crippen LogP) is 0.491. The molecule has 0 saturated carbocycles. The normalized spacial score (nSPS) is 25.3. The molecule has 1 heterocycles. The number of hydrogen-bond donors (Lipinski definition) is 3. The van der Waals surface area contributed by atoms with Crippen molar-refractivity contribution in [2.24, 2.45) is 11.7 Å². The van der Waals surface area contributed by atoms with Crippen molar-refractivity contribution < 1.29 is 9.84 Å². The minimum Gasteiger partial charge on any atom is -0.396 e. The molecular weight excluding hydrogens is 204 g/mol. The van der Waals surface area contributed by atoms with E-state index in [0.717, 1.165) is 32.5 Å². The Kier molecular flexibility index (Phi) is 6.96. The first-order valence-electron chi connectivity index (χ1n) is 6.42. The highest BCUT2D eigenvalue weighted by molar-refractivity contribution is 4.81. The van der Waals surface area contributed by atoms with E-state index in [1.807, 2.05) is 0 Å². The van der Waals surface area contributed by atoms with Crippen LogP contribution in [0.25, 0.3) is 0 Å². The molecule has 1 fully saturated rings. The predicted molar refractivity (Wildman–Crippen MR) is 65.3 cm³/mol. The molecule has 0 aromatic rings. The van der Waals surface area contributed by atoms with E-state index in [9.17, 15) is 0 Å². The van der Waals surface area contributed by atoms with Crippen LogP contribution in [0, 0.1) is 5.92 Å². The maximum Gasteiger partial charge on any atom is 0.0509 e. The topological polar surface area (TPSA) is 67.5 Å². The van der Waals surface area contributed by atoms with Gasteiger partial charge in [-0.1, -0.05) is 0 Å². The first-order valence-corrected chi connectivity index (χ1v) is 6.42. The summed E-state index contributed by atoms with van der Waals surface area (Å²) in [5.41, 5.74) is 5.81. The van der Waals surface area contributed by atoms with Crippen LogP contribution >= 0.6 is 0 Å². The summed E-state index contributed by atoms with van der Waals surface area (Å²) in [5, 5.41) is 12.3. The zero-order valence-corrected chi connectivity index (χ0v) is 10.3. The Morgan fingerprint density at radius 3 is 2.94 bits per heavy atom. The van der Waals surface area contributed by atoms with Gasteiger partial charge in [0.2, 0.25) is 0 Å². The van der Waals surface area contributed by atoms with E-state index in [2.05, 4.69) is 12.2 Å². The van der Waals surface area contributed by atoms with Gasteiger partial charge in [-0.15, -0.1) is 0 Å². The molecule has 3 atom stereocenters. The van der Waals surface area contributed by atoms with Crippen molar-refractivity contribution >= 4 is 0 Å². The monoisotopic (exact) mass is 230 g/mol. The van der Waals surface area contributed by atoms with Crippen LogP contribution in [0.4, 0.5) is 0 Å². The molecule has 3 unspecified atom stereocenters. The van der Waals surface area contributed by atoms with Crippen molar-refractivity contribution in [3.8, 4) is 0 Å². The zero-order chi connectivity index (χ0) is 11.8. The molecule has 1 saturated heterocycles. The summed E-state index contributed by atoms with van der Waals surface area (Å²) in [4.78, 5) is 0. The Balaban J connectivity index is 2.29. The molecule has 4 N–H and O–H groups in total. The highest BCUT2D eigenvalue weighted by Gasteiger charge is 2.23. The largest absolute Gasteiger partial charge is 0.396 e. The van der Waals surface area contributed by atoms with Gasteiger partial charge in [0.15, 0.2) is 0 Å². The lowest BCUT2D eigenvalue weighted by atomic mass is 9.93. The molecule has 0 radical (unpaired) electrons. The van der Waals surface area contributed by atoms with Crippen LogP contribution in [0.2, 0.25) is 0 Å². The number of aliphatic hydroxyl groups is 1. The molecule has 1 rings (SSSR count). The van der Waals surface area contributed by atoms with Crippen molar-refractivity contribution in [3.05, 3.63) is 0 Å². The number of nitrogens with two attached hydrogens (primary N) is 1. The SMILES string of the molecule is CC(CCCO)NC(CN)C1CCCOC1. The number of ether oxygens (including phenoxy) is 1. The summed E-state index contributed by atoms with van der Waals surface area (Å²) < 4.78 is 5.49. The third-order valence-corrected chi connectivity index (χ3v) is 3.31. The maximum atomic E-state index is 8.78. The van der Waals surface area contributed by atoms with Crippen LogP contribution in [-0.4, -0.2) is 43.6 Å². The molecule has 1 aliphatic heterocycles. The van der Waals surface area contributed by atoms with Crippen molar-refractivity contribution in [3.63, 3.8) is 0 Å². The Morgan fingerprint density at radius 1 is 1.56 bits per heavy atom. The van der Waals surface area contributed by atoms with Crippen LogP contribution in [0.15, 0.2) is 0 Å². The van der Waals surface area contributed by atoms with E-state index in [1.165, 1.54) is 6.42 Å². The fourth-order valence-electron chi connectivity index (χ4n) is 2.33. The summed E-state index contributed by atoms with van der Waals surface area (Å²) >= 11 is 0. The van der Waals surface area contributed by atoms with Gasteiger partial charge in [0.1, 0.15) is 0 Å². The lowest BCUT2D eigenvalue weighted by molar-refractivity contribution is 0.0387. The van der Waals surface area contributed by atoms with Crippen LogP contribution in [0.3, 0.4) is 0 Å². The Morgan fingerprint density at radius 2 is 2.38 bits per heavy atom. The first kappa shape index (κ1) is 13.9. The second kappa shape index (κ2) is 8.01. The molecule has 1 aliphatic rings. The first-order chi connectivity index (χ1) is 7.77. The van der Waals surface area contributed by atoms with E-state index in [0.29, 0.717) is 24.5 Å². The molecule has 96 valence electrons. The molecule has 0 aliphatic carbocycles. The summed E-state index contributed by atoms with van der Waals surface area (Å²) in [7, 11) is 0. The minimum absolute atomic E-state index is 0.270. The molecule has 0 spiro atoms. The smallest absolute Gasteiger partial charge is 0.0509 e. The second-order valence-corrected chi connectivity index (χ2v) is 4.75. The van der Waals surface area contributed by atoms with E-state index in [1.54, 1.807) is 0 Å². The van der Waals surface area contributed by atoms with Crippen LogP contribution in [0.5, 0.6) is 0 Å². The second-order valence-electron chi connectivity index (χ2n) is 4.75. The highest BCUT2D eigenvalue weighted by Crippen LogP contribution is 2.17. The maximum absolute atomic E-state index is 8.78. The summed E-state index contributed by atoms with van der Waals surface area (Å²) in [6.07, 6.45) is 4.21. The number of nitrogens with one attached hydrogen (secondary N) is 1. The molecule has 0 amide bonds. The number of rotatable bonds is 7. The summed E-state index contributed by atoms with van der Waals surface area (Å²) in [6.45, 7) is 4.82. The standard InChI is InChI=1S/C12H26N2O2/c1-10(4-2-6-15)14-12(8-13)11-5-3-7-16-9-11/h10-12,14-15H,2-9,13H2,1H3. The van der Waals surface area contributed by atoms with Gasteiger partial charge in [-0.25, -0.2) is 0 Å². The van der Waals surface area contributed by atoms with Gasteiger partial charge in [0.25, 0.3) is 0 Å². The molecule has 4 nitrogen and oxygen atoms in total.